The highest BCUT2D eigenvalue weighted by atomic mass is 35.5. The van der Waals surface area contributed by atoms with Crippen molar-refractivity contribution >= 4 is 56.1 Å². The molecule has 14 heteroatoms. The molecule has 2 aromatic carbocycles. The molecule has 0 bridgehead atoms. The Balaban J connectivity index is 1.63. The van der Waals surface area contributed by atoms with E-state index in [1.165, 1.54) is 22.5 Å². The summed E-state index contributed by atoms with van der Waals surface area (Å²) >= 11 is 6.34. The molecule has 4 N–H and O–H groups in total. The quantitative estimate of drug-likeness (QED) is 0.329. The third-order valence-corrected chi connectivity index (χ3v) is 8.22. The van der Waals surface area contributed by atoms with Crippen LogP contribution >= 0.6 is 11.6 Å². The van der Waals surface area contributed by atoms with E-state index in [4.69, 9.17) is 31.9 Å². The highest BCUT2D eigenvalue weighted by molar-refractivity contribution is 7.89. The van der Waals surface area contributed by atoms with E-state index in [-0.39, 0.29) is 67.2 Å². The number of carbonyl (C=O) groups excluding carboxylic acids is 2. The summed E-state index contributed by atoms with van der Waals surface area (Å²) in [5.74, 6) is -0.941. The third-order valence-electron chi connectivity index (χ3n) is 6.05. The molecule has 0 unspecified atom stereocenters. The maximum Gasteiger partial charge on any atom is 0.324 e. The first kappa shape index (κ1) is 28.4. The largest absolute Gasteiger partial charge is 0.491 e. The van der Waals surface area contributed by atoms with Crippen LogP contribution < -0.4 is 15.8 Å². The summed E-state index contributed by atoms with van der Waals surface area (Å²) in [6.45, 7) is 0.220. The summed E-state index contributed by atoms with van der Waals surface area (Å²) < 4.78 is 40.9. The Labute approximate surface area is 229 Å². The normalized spacial score (nSPS) is 16.2. The Hall–Kier alpha value is -3.65. The number of morpholine rings is 1. The van der Waals surface area contributed by atoms with Gasteiger partial charge in [-0.3, -0.25) is 9.59 Å². The predicted molar refractivity (Wildman–Crippen MR) is 142 cm³/mol. The van der Waals surface area contributed by atoms with Crippen LogP contribution in [0, 0.1) is 0 Å². The lowest BCUT2D eigenvalue weighted by Gasteiger charge is -2.32. The van der Waals surface area contributed by atoms with E-state index in [1.807, 2.05) is 18.2 Å². The van der Waals surface area contributed by atoms with Crippen LogP contribution in [0.3, 0.4) is 0 Å². The monoisotopic (exact) mass is 578 g/mol. The fourth-order valence-electron chi connectivity index (χ4n) is 4.23. The minimum atomic E-state index is -4.28. The molecule has 0 aliphatic carbocycles. The van der Waals surface area contributed by atoms with Crippen molar-refractivity contribution in [3.63, 3.8) is 0 Å². The second-order valence-corrected chi connectivity index (χ2v) is 11.1. The summed E-state index contributed by atoms with van der Waals surface area (Å²) in [7, 11) is -4.28. The number of sulfonamides is 1. The van der Waals surface area contributed by atoms with Crippen molar-refractivity contribution < 1.29 is 37.4 Å². The predicted octanol–water partition coefficient (Wildman–Crippen LogP) is 2.88. The molecule has 1 aliphatic rings. The van der Waals surface area contributed by atoms with Crippen LogP contribution in [0.1, 0.15) is 19.3 Å². The molecule has 0 radical (unpaired) electrons. The van der Waals surface area contributed by atoms with Crippen molar-refractivity contribution in [2.24, 2.45) is 5.73 Å². The van der Waals surface area contributed by atoms with Gasteiger partial charge in [0.05, 0.1) is 22.8 Å². The number of hydrogen-bond donors (Lipinski definition) is 3. The number of rotatable bonds is 10. The van der Waals surface area contributed by atoms with E-state index >= 15 is 0 Å². The summed E-state index contributed by atoms with van der Waals surface area (Å²) in [5, 5.41) is 11.3. The standard InChI is InChI=1S/C25H27ClN4O8S/c26-19-9-10-20(28-21(31)7-4-8-23(32)33)24-18(19)13-22(30(24)25(27)34)39(35,36)29-11-12-37-17(14-29)15-38-16-5-2-1-3-6-16/h1-3,5-6,9-10,13,17H,4,7-8,11-12,14-15H2,(H2,27,34)(H,28,31)(H,32,33)/t17-/m0/s1. The molecule has 1 fully saturated rings. The zero-order valence-electron chi connectivity index (χ0n) is 20.7. The molecule has 1 atom stereocenters. The average Bonchev–Trinajstić information content (AvgIpc) is 3.33. The molecule has 1 saturated heterocycles. The first-order valence-electron chi connectivity index (χ1n) is 12.0. The number of amides is 2. The van der Waals surface area contributed by atoms with Crippen LogP contribution in [0.4, 0.5) is 10.5 Å². The van der Waals surface area contributed by atoms with Gasteiger partial charge < -0.3 is 25.6 Å². The van der Waals surface area contributed by atoms with Crippen molar-refractivity contribution in [3.05, 3.63) is 53.6 Å². The number of hydrogen-bond acceptors (Lipinski definition) is 7. The molecule has 1 aliphatic heterocycles. The molecule has 2 heterocycles. The number of aromatic nitrogens is 1. The molecular weight excluding hydrogens is 552 g/mol. The van der Waals surface area contributed by atoms with Gasteiger partial charge in [0.2, 0.25) is 5.91 Å². The number of carboxylic acids is 1. The number of nitrogens with two attached hydrogens (primary N) is 1. The van der Waals surface area contributed by atoms with Gasteiger partial charge in [0.25, 0.3) is 10.0 Å². The SMILES string of the molecule is NC(=O)n1c(S(=O)(=O)N2CCO[C@H](COc3ccccc3)C2)cc2c(Cl)ccc(NC(=O)CCCC(=O)O)c21. The summed E-state index contributed by atoms with van der Waals surface area (Å²) in [4.78, 5) is 35.8. The number of aliphatic carboxylic acids is 1. The van der Waals surface area contributed by atoms with Gasteiger partial charge in [-0.1, -0.05) is 29.8 Å². The maximum absolute atomic E-state index is 13.8. The van der Waals surface area contributed by atoms with E-state index in [9.17, 15) is 22.8 Å². The van der Waals surface area contributed by atoms with Gasteiger partial charge in [-0.25, -0.2) is 17.8 Å². The van der Waals surface area contributed by atoms with E-state index in [0.717, 1.165) is 4.57 Å². The Morgan fingerprint density at radius 2 is 1.90 bits per heavy atom. The Kier molecular flexibility index (Phi) is 8.75. The number of halogens is 1. The van der Waals surface area contributed by atoms with E-state index in [1.54, 1.807) is 12.1 Å². The van der Waals surface area contributed by atoms with E-state index in [2.05, 4.69) is 5.32 Å². The minimum Gasteiger partial charge on any atom is -0.491 e. The summed E-state index contributed by atoms with van der Waals surface area (Å²) in [5.41, 5.74) is 5.74. The highest BCUT2D eigenvalue weighted by Crippen LogP contribution is 2.36. The van der Waals surface area contributed by atoms with Gasteiger partial charge in [-0.2, -0.15) is 4.31 Å². The van der Waals surface area contributed by atoms with Gasteiger partial charge >= 0.3 is 12.0 Å². The molecular formula is C25H27ClN4O8S. The van der Waals surface area contributed by atoms with Crippen molar-refractivity contribution in [2.45, 2.75) is 30.4 Å². The summed E-state index contributed by atoms with van der Waals surface area (Å²) in [6.07, 6.45) is -0.760. The number of nitrogens with zero attached hydrogens (tertiary/aromatic N) is 2. The number of carboxylic acid groups (broad SMARTS) is 1. The molecule has 39 heavy (non-hydrogen) atoms. The number of carbonyl (C=O) groups is 3. The first-order valence-corrected chi connectivity index (χ1v) is 13.8. The van der Waals surface area contributed by atoms with Crippen LogP contribution in [0.15, 0.2) is 53.6 Å². The molecule has 2 amide bonds. The summed E-state index contributed by atoms with van der Waals surface area (Å²) in [6, 6.07) is 12.0. The molecule has 0 saturated carbocycles. The van der Waals surface area contributed by atoms with Crippen molar-refractivity contribution in [1.29, 1.82) is 0 Å². The number of para-hydroxylation sites is 1. The lowest BCUT2D eigenvalue weighted by atomic mass is 10.2. The van der Waals surface area contributed by atoms with Gasteiger partial charge in [0.15, 0.2) is 5.03 Å². The lowest BCUT2D eigenvalue weighted by molar-refractivity contribution is -0.137. The smallest absolute Gasteiger partial charge is 0.324 e. The van der Waals surface area contributed by atoms with E-state index < -0.39 is 39.1 Å². The minimum absolute atomic E-state index is 0.0115. The average molecular weight is 579 g/mol. The Morgan fingerprint density at radius 3 is 2.59 bits per heavy atom. The lowest BCUT2D eigenvalue weighted by Crippen LogP contribution is -2.48. The van der Waals surface area contributed by atoms with Gasteiger partial charge in [-0.15, -0.1) is 0 Å². The first-order chi connectivity index (χ1) is 18.6. The van der Waals surface area contributed by atoms with Crippen molar-refractivity contribution in [2.75, 3.05) is 31.6 Å². The maximum atomic E-state index is 13.8. The Morgan fingerprint density at radius 1 is 1.15 bits per heavy atom. The van der Waals surface area contributed by atoms with Gasteiger partial charge in [0.1, 0.15) is 18.5 Å². The number of nitrogens with one attached hydrogen (secondary N) is 1. The fraction of sp³-hybridized carbons (Fsp3) is 0.320. The molecule has 3 aromatic rings. The highest BCUT2D eigenvalue weighted by Gasteiger charge is 2.35. The number of ether oxygens (including phenoxy) is 2. The number of benzene rings is 2. The van der Waals surface area contributed by atoms with Crippen LogP contribution in [-0.2, 0) is 24.3 Å². The fourth-order valence-corrected chi connectivity index (χ4v) is 6.06. The topological polar surface area (TPSA) is 170 Å². The second-order valence-electron chi connectivity index (χ2n) is 8.79. The van der Waals surface area contributed by atoms with Crippen molar-refractivity contribution in [1.82, 2.24) is 8.87 Å². The van der Waals surface area contributed by atoms with Crippen LogP contribution in [0.25, 0.3) is 10.9 Å². The third kappa shape index (κ3) is 6.50. The number of primary amides is 1. The zero-order chi connectivity index (χ0) is 28.2. The van der Waals surface area contributed by atoms with Crippen LogP contribution in [0.5, 0.6) is 5.75 Å². The van der Waals surface area contributed by atoms with E-state index in [0.29, 0.717) is 5.75 Å². The molecule has 208 valence electrons. The molecule has 4 rings (SSSR count). The van der Waals surface area contributed by atoms with Gasteiger partial charge in [-0.05, 0) is 36.8 Å². The number of anilines is 1. The molecule has 0 spiro atoms. The van der Waals surface area contributed by atoms with Crippen LogP contribution in [0.2, 0.25) is 5.02 Å². The second kappa shape index (κ2) is 12.0. The zero-order valence-corrected chi connectivity index (χ0v) is 22.3. The Bertz CT molecular complexity index is 1490. The molecule has 12 nitrogen and oxygen atoms in total. The van der Waals surface area contributed by atoms with Gasteiger partial charge in [0, 0.05) is 31.3 Å². The number of fused-ring (bicyclic) bond motifs is 1. The van der Waals surface area contributed by atoms with Crippen molar-refractivity contribution in [3.8, 4) is 5.75 Å². The van der Waals surface area contributed by atoms with Crippen LogP contribution in [-0.4, -0.2) is 72.7 Å². The molecule has 1 aromatic heterocycles.